The summed E-state index contributed by atoms with van der Waals surface area (Å²) >= 11 is 0. The summed E-state index contributed by atoms with van der Waals surface area (Å²) in [6.07, 6.45) is 0.882. The summed E-state index contributed by atoms with van der Waals surface area (Å²) in [5, 5.41) is 2.57. The molecule has 0 heterocycles. The number of alkyl halides is 2. The maximum Gasteiger partial charge on any atom is 0.387 e. The van der Waals surface area contributed by atoms with Crippen molar-refractivity contribution in [3.8, 4) is 5.75 Å². The van der Waals surface area contributed by atoms with E-state index in [9.17, 15) is 13.6 Å². The summed E-state index contributed by atoms with van der Waals surface area (Å²) in [5.74, 6) is -0.436. The molecule has 0 bridgehead atoms. The van der Waals surface area contributed by atoms with Crippen molar-refractivity contribution in [2.75, 3.05) is 5.32 Å². The van der Waals surface area contributed by atoms with Crippen LogP contribution in [0.25, 0.3) is 0 Å². The minimum atomic E-state index is -2.94. The van der Waals surface area contributed by atoms with Crippen LogP contribution in [-0.4, -0.2) is 12.5 Å². The van der Waals surface area contributed by atoms with Crippen LogP contribution in [0.4, 0.5) is 14.5 Å². The van der Waals surface area contributed by atoms with Gasteiger partial charge in [0.15, 0.2) is 0 Å². The molecule has 0 aliphatic heterocycles. The van der Waals surface area contributed by atoms with Crippen molar-refractivity contribution < 1.29 is 18.3 Å². The van der Waals surface area contributed by atoms with Crippen LogP contribution in [0.3, 0.4) is 0 Å². The lowest BCUT2D eigenvalue weighted by Gasteiger charge is -2.11. The number of rotatable bonds is 5. The Labute approximate surface area is 121 Å². The zero-order valence-electron chi connectivity index (χ0n) is 11.5. The van der Waals surface area contributed by atoms with Gasteiger partial charge in [0, 0.05) is 5.56 Å². The van der Waals surface area contributed by atoms with E-state index < -0.39 is 6.61 Å². The minimum absolute atomic E-state index is 0.0639. The molecule has 21 heavy (non-hydrogen) atoms. The second-order valence-corrected chi connectivity index (χ2v) is 4.38. The van der Waals surface area contributed by atoms with E-state index in [0.717, 1.165) is 12.0 Å². The largest absolute Gasteiger partial charge is 0.433 e. The molecule has 1 amide bonds. The number of carbonyl (C=O) groups is 1. The number of nitrogens with one attached hydrogen (secondary N) is 1. The third-order valence-electron chi connectivity index (χ3n) is 2.98. The second-order valence-electron chi connectivity index (χ2n) is 4.38. The number of benzene rings is 2. The SMILES string of the molecule is CCc1ccc(C(=O)Nc2ccccc2OC(F)F)cc1. The summed E-state index contributed by atoms with van der Waals surface area (Å²) in [6.45, 7) is -0.917. The lowest BCUT2D eigenvalue weighted by Crippen LogP contribution is -2.13. The van der Waals surface area contributed by atoms with Gasteiger partial charge in [-0.3, -0.25) is 4.79 Å². The van der Waals surface area contributed by atoms with Crippen LogP contribution in [0.2, 0.25) is 0 Å². The summed E-state index contributed by atoms with van der Waals surface area (Å²) < 4.78 is 29.0. The van der Waals surface area contributed by atoms with Gasteiger partial charge in [-0.1, -0.05) is 31.2 Å². The van der Waals surface area contributed by atoms with Crippen molar-refractivity contribution in [2.45, 2.75) is 20.0 Å². The summed E-state index contributed by atoms with van der Waals surface area (Å²) in [4.78, 5) is 12.1. The van der Waals surface area contributed by atoms with E-state index in [1.807, 2.05) is 19.1 Å². The summed E-state index contributed by atoms with van der Waals surface area (Å²) in [7, 11) is 0. The van der Waals surface area contributed by atoms with Gasteiger partial charge in [-0.15, -0.1) is 0 Å². The molecule has 0 atom stereocenters. The molecule has 1 N–H and O–H groups in total. The molecule has 3 nitrogen and oxygen atoms in total. The molecule has 0 radical (unpaired) electrons. The Morgan fingerprint density at radius 3 is 2.43 bits per heavy atom. The van der Waals surface area contributed by atoms with Crippen molar-refractivity contribution in [1.29, 1.82) is 0 Å². The summed E-state index contributed by atoms with van der Waals surface area (Å²) in [5.41, 5.74) is 1.79. The maximum absolute atomic E-state index is 12.3. The Morgan fingerprint density at radius 1 is 1.14 bits per heavy atom. The van der Waals surface area contributed by atoms with Crippen molar-refractivity contribution in [3.05, 3.63) is 59.7 Å². The lowest BCUT2D eigenvalue weighted by atomic mass is 10.1. The van der Waals surface area contributed by atoms with Crippen molar-refractivity contribution in [3.63, 3.8) is 0 Å². The van der Waals surface area contributed by atoms with E-state index in [4.69, 9.17) is 0 Å². The first-order valence-corrected chi connectivity index (χ1v) is 6.54. The van der Waals surface area contributed by atoms with Gasteiger partial charge >= 0.3 is 6.61 Å². The van der Waals surface area contributed by atoms with E-state index in [1.54, 1.807) is 24.3 Å². The molecule has 5 heteroatoms. The third-order valence-corrected chi connectivity index (χ3v) is 2.98. The lowest BCUT2D eigenvalue weighted by molar-refractivity contribution is -0.0493. The molecule has 0 spiro atoms. The van der Waals surface area contributed by atoms with Crippen molar-refractivity contribution in [1.82, 2.24) is 0 Å². The number of aryl methyl sites for hydroxylation is 1. The first kappa shape index (κ1) is 15.0. The number of hydrogen-bond acceptors (Lipinski definition) is 2. The number of hydrogen-bond donors (Lipinski definition) is 1. The quantitative estimate of drug-likeness (QED) is 0.900. The number of para-hydroxylation sites is 2. The topological polar surface area (TPSA) is 38.3 Å². The smallest absolute Gasteiger partial charge is 0.387 e. The van der Waals surface area contributed by atoms with Gasteiger partial charge in [-0.25, -0.2) is 0 Å². The zero-order valence-corrected chi connectivity index (χ0v) is 11.5. The molecule has 0 saturated heterocycles. The molecular weight excluding hydrogens is 276 g/mol. The first-order chi connectivity index (χ1) is 10.1. The fourth-order valence-corrected chi connectivity index (χ4v) is 1.85. The maximum atomic E-state index is 12.3. The molecule has 0 unspecified atom stereocenters. The van der Waals surface area contributed by atoms with Crippen LogP contribution in [-0.2, 0) is 6.42 Å². The highest BCUT2D eigenvalue weighted by Gasteiger charge is 2.12. The Balaban J connectivity index is 2.15. The van der Waals surface area contributed by atoms with Crippen LogP contribution >= 0.6 is 0 Å². The standard InChI is InChI=1S/C16H15F2NO2/c1-2-11-7-9-12(10-8-11)15(20)19-13-5-3-4-6-14(13)21-16(17)18/h3-10,16H,2H2,1H3,(H,19,20). The minimum Gasteiger partial charge on any atom is -0.433 e. The van der Waals surface area contributed by atoms with Crippen molar-refractivity contribution in [2.24, 2.45) is 0 Å². The highest BCUT2D eigenvalue weighted by molar-refractivity contribution is 6.05. The van der Waals surface area contributed by atoms with Gasteiger partial charge in [-0.2, -0.15) is 8.78 Å². The predicted octanol–water partition coefficient (Wildman–Crippen LogP) is 4.10. The van der Waals surface area contributed by atoms with E-state index in [1.165, 1.54) is 12.1 Å². The molecular formula is C16H15F2NO2. The highest BCUT2D eigenvalue weighted by atomic mass is 19.3. The average molecular weight is 291 g/mol. The van der Waals surface area contributed by atoms with E-state index in [2.05, 4.69) is 10.1 Å². The molecule has 2 rings (SSSR count). The zero-order chi connectivity index (χ0) is 15.2. The summed E-state index contributed by atoms with van der Waals surface area (Å²) in [6, 6.07) is 13.2. The number of carbonyl (C=O) groups excluding carboxylic acids is 1. The Morgan fingerprint density at radius 2 is 1.81 bits per heavy atom. The third kappa shape index (κ3) is 4.02. The molecule has 2 aromatic rings. The van der Waals surface area contributed by atoms with Gasteiger partial charge in [0.05, 0.1) is 5.69 Å². The average Bonchev–Trinajstić information content (AvgIpc) is 2.49. The monoisotopic (exact) mass is 291 g/mol. The van der Waals surface area contributed by atoms with Crippen LogP contribution < -0.4 is 10.1 Å². The van der Waals surface area contributed by atoms with Crippen molar-refractivity contribution >= 4 is 11.6 Å². The predicted molar refractivity (Wildman–Crippen MR) is 76.8 cm³/mol. The van der Waals surface area contributed by atoms with E-state index >= 15 is 0 Å². The van der Waals surface area contributed by atoms with E-state index in [0.29, 0.717) is 5.56 Å². The van der Waals surface area contributed by atoms with Gasteiger partial charge in [-0.05, 0) is 36.2 Å². The van der Waals surface area contributed by atoms with Gasteiger partial charge in [0.25, 0.3) is 5.91 Å². The van der Waals surface area contributed by atoms with Gasteiger partial charge < -0.3 is 10.1 Å². The first-order valence-electron chi connectivity index (χ1n) is 6.54. The number of ether oxygens (including phenoxy) is 1. The molecule has 110 valence electrons. The highest BCUT2D eigenvalue weighted by Crippen LogP contribution is 2.26. The number of halogens is 2. The number of anilines is 1. The molecule has 2 aromatic carbocycles. The molecule has 0 aliphatic carbocycles. The Hall–Kier alpha value is -2.43. The Bertz CT molecular complexity index is 612. The molecule has 0 saturated carbocycles. The molecule has 0 aromatic heterocycles. The van der Waals surface area contributed by atoms with Crippen LogP contribution in [0.15, 0.2) is 48.5 Å². The normalized spacial score (nSPS) is 10.5. The van der Waals surface area contributed by atoms with E-state index in [-0.39, 0.29) is 17.3 Å². The number of amides is 1. The second kappa shape index (κ2) is 6.83. The Kier molecular flexibility index (Phi) is 4.87. The van der Waals surface area contributed by atoms with Crippen LogP contribution in [0.5, 0.6) is 5.75 Å². The van der Waals surface area contributed by atoms with Crippen LogP contribution in [0, 0.1) is 0 Å². The van der Waals surface area contributed by atoms with Crippen LogP contribution in [0.1, 0.15) is 22.8 Å². The fraction of sp³-hybridized carbons (Fsp3) is 0.188. The van der Waals surface area contributed by atoms with Gasteiger partial charge in [0.1, 0.15) is 5.75 Å². The fourth-order valence-electron chi connectivity index (χ4n) is 1.85. The van der Waals surface area contributed by atoms with Gasteiger partial charge in [0.2, 0.25) is 0 Å². The molecule has 0 fully saturated rings. The molecule has 0 aliphatic rings.